The van der Waals surface area contributed by atoms with Gasteiger partial charge in [0.25, 0.3) is 0 Å². The highest BCUT2D eigenvalue weighted by Crippen LogP contribution is 2.22. The van der Waals surface area contributed by atoms with E-state index in [4.69, 9.17) is 0 Å². The van der Waals surface area contributed by atoms with Crippen molar-refractivity contribution in [1.82, 2.24) is 10.3 Å². The third-order valence-electron chi connectivity index (χ3n) is 2.56. The van der Waals surface area contributed by atoms with Gasteiger partial charge in [-0.05, 0) is 49.4 Å². The van der Waals surface area contributed by atoms with Gasteiger partial charge in [-0.3, -0.25) is 0 Å². The molecule has 2 heteroatoms. The van der Waals surface area contributed by atoms with Gasteiger partial charge in [0.2, 0.25) is 0 Å². The Hall–Kier alpha value is -1.96. The van der Waals surface area contributed by atoms with Gasteiger partial charge in [0.15, 0.2) is 0 Å². The second kappa shape index (κ2) is 5.94. The zero-order valence-corrected chi connectivity index (χ0v) is 10.8. The summed E-state index contributed by atoms with van der Waals surface area (Å²) in [5.41, 5.74) is 5.41. The van der Waals surface area contributed by atoms with E-state index in [9.17, 15) is 0 Å². The van der Waals surface area contributed by atoms with Gasteiger partial charge in [0.05, 0.1) is 0 Å². The van der Waals surface area contributed by atoms with Crippen LogP contribution in [0.4, 0.5) is 0 Å². The molecule has 0 unspecified atom stereocenters. The lowest BCUT2D eigenvalue weighted by Gasteiger charge is -2.03. The topological polar surface area (TPSA) is 27.8 Å². The van der Waals surface area contributed by atoms with Gasteiger partial charge in [-0.2, -0.15) is 0 Å². The van der Waals surface area contributed by atoms with Crippen LogP contribution in [-0.2, 0) is 0 Å². The number of H-pyrrole nitrogens is 1. The molecule has 0 aliphatic carbocycles. The minimum absolute atomic E-state index is 1.03. The molecule has 0 aliphatic rings. The van der Waals surface area contributed by atoms with Crippen LogP contribution in [0.5, 0.6) is 0 Å². The van der Waals surface area contributed by atoms with E-state index < -0.39 is 0 Å². The summed E-state index contributed by atoms with van der Waals surface area (Å²) in [4.78, 5) is 3.34. The first-order chi connectivity index (χ1) is 8.10. The quantitative estimate of drug-likeness (QED) is 0.738. The number of hydrogen-bond acceptors (Lipinski definition) is 1. The van der Waals surface area contributed by atoms with E-state index in [0.29, 0.717) is 0 Å². The maximum absolute atomic E-state index is 3.92. The minimum Gasteiger partial charge on any atom is -0.394 e. The van der Waals surface area contributed by atoms with Crippen LogP contribution in [0.1, 0.15) is 25.2 Å². The monoisotopic (exact) mass is 228 g/mol. The Bertz CT molecular complexity index is 473. The maximum atomic E-state index is 3.92. The molecule has 0 saturated heterocycles. The van der Waals surface area contributed by atoms with Crippen LogP contribution in [0.3, 0.4) is 0 Å². The number of aromatic amines is 1. The first-order valence-corrected chi connectivity index (χ1v) is 5.62. The Morgan fingerprint density at radius 1 is 1.29 bits per heavy atom. The summed E-state index contributed by atoms with van der Waals surface area (Å²) in [7, 11) is 1.88. The van der Waals surface area contributed by atoms with Crippen molar-refractivity contribution < 1.29 is 0 Å². The fourth-order valence-electron chi connectivity index (χ4n) is 1.58. The van der Waals surface area contributed by atoms with Gasteiger partial charge in [-0.1, -0.05) is 19.2 Å². The lowest BCUT2D eigenvalue weighted by molar-refractivity contribution is 1.10. The van der Waals surface area contributed by atoms with Crippen molar-refractivity contribution in [2.24, 2.45) is 0 Å². The molecule has 0 fully saturated rings. The van der Waals surface area contributed by atoms with Crippen molar-refractivity contribution in [3.05, 3.63) is 60.6 Å². The number of rotatable bonds is 5. The molecule has 1 aromatic rings. The molecule has 1 heterocycles. The maximum Gasteiger partial charge on any atom is 0.0461 e. The van der Waals surface area contributed by atoms with Crippen LogP contribution in [0.25, 0.3) is 11.1 Å². The molecule has 17 heavy (non-hydrogen) atoms. The lowest BCUT2D eigenvalue weighted by atomic mass is 10.1. The summed E-state index contributed by atoms with van der Waals surface area (Å²) < 4.78 is 0. The molecule has 2 N–H and O–H groups in total. The van der Waals surface area contributed by atoms with E-state index in [1.807, 2.05) is 38.4 Å². The molecule has 90 valence electrons. The Balaban J connectivity index is 3.13. The Morgan fingerprint density at radius 3 is 2.41 bits per heavy atom. The molecule has 1 rings (SSSR count). The highest BCUT2D eigenvalue weighted by atomic mass is 14.8. The number of aromatic nitrogens is 1. The predicted octanol–water partition coefficient (Wildman–Crippen LogP) is 3.74. The van der Waals surface area contributed by atoms with Crippen LogP contribution >= 0.6 is 0 Å². The minimum atomic E-state index is 1.03. The molecule has 0 aromatic carbocycles. The summed E-state index contributed by atoms with van der Waals surface area (Å²) in [6.45, 7) is 11.8. The molecular formula is C15H20N2. The number of hydrogen-bond donors (Lipinski definition) is 2. The van der Waals surface area contributed by atoms with Gasteiger partial charge in [0, 0.05) is 24.0 Å². The molecular weight excluding hydrogens is 208 g/mol. The van der Waals surface area contributed by atoms with Gasteiger partial charge in [-0.25, -0.2) is 0 Å². The summed E-state index contributed by atoms with van der Waals surface area (Å²) in [6.07, 6.45) is 5.79. The third kappa shape index (κ3) is 3.25. The van der Waals surface area contributed by atoms with Crippen LogP contribution in [0, 0.1) is 0 Å². The van der Waals surface area contributed by atoms with E-state index in [2.05, 4.69) is 36.4 Å². The first-order valence-electron chi connectivity index (χ1n) is 5.62. The van der Waals surface area contributed by atoms with Crippen molar-refractivity contribution in [1.29, 1.82) is 0 Å². The molecule has 0 aliphatic heterocycles. The summed E-state index contributed by atoms with van der Waals surface area (Å²) >= 11 is 0. The van der Waals surface area contributed by atoms with Gasteiger partial charge in [0.1, 0.15) is 0 Å². The third-order valence-corrected chi connectivity index (χ3v) is 2.56. The smallest absolute Gasteiger partial charge is 0.0461 e. The Kier molecular flexibility index (Phi) is 4.58. The SMILES string of the molecule is C=C/C(=C(C)\C=C/NC)c1ccc(C(=C)C)[nH]1. The van der Waals surface area contributed by atoms with Gasteiger partial charge < -0.3 is 10.3 Å². The molecule has 0 bridgehead atoms. The average Bonchev–Trinajstić information content (AvgIpc) is 2.77. The van der Waals surface area contributed by atoms with Crippen molar-refractivity contribution in [2.45, 2.75) is 13.8 Å². The van der Waals surface area contributed by atoms with E-state index in [1.165, 1.54) is 0 Å². The van der Waals surface area contributed by atoms with Gasteiger partial charge in [-0.15, -0.1) is 0 Å². The van der Waals surface area contributed by atoms with Crippen LogP contribution < -0.4 is 5.32 Å². The zero-order chi connectivity index (χ0) is 12.8. The normalized spacial score (nSPS) is 12.4. The second-order valence-corrected chi connectivity index (χ2v) is 3.99. The fourth-order valence-corrected chi connectivity index (χ4v) is 1.58. The standard InChI is InChI=1S/C15H20N2/c1-6-13(12(4)9-10-16-5)15-8-7-14(17-15)11(2)3/h6-10,16-17H,1-2H2,3-5H3/b10-9-,13-12+. The average molecular weight is 228 g/mol. The summed E-state index contributed by atoms with van der Waals surface area (Å²) in [5, 5.41) is 2.98. The molecule has 1 aromatic heterocycles. The van der Waals surface area contributed by atoms with Crippen LogP contribution in [0.15, 0.2) is 49.2 Å². The van der Waals surface area contributed by atoms with E-state index in [-0.39, 0.29) is 0 Å². The summed E-state index contributed by atoms with van der Waals surface area (Å²) in [6, 6.07) is 4.09. The summed E-state index contributed by atoms with van der Waals surface area (Å²) in [5.74, 6) is 0. The highest BCUT2D eigenvalue weighted by Gasteiger charge is 2.04. The number of nitrogens with one attached hydrogen (secondary N) is 2. The molecule has 0 spiro atoms. The second-order valence-electron chi connectivity index (χ2n) is 3.99. The lowest BCUT2D eigenvalue weighted by Crippen LogP contribution is -1.92. The number of allylic oxidation sites excluding steroid dienone is 5. The van der Waals surface area contributed by atoms with Crippen molar-refractivity contribution >= 4 is 11.1 Å². The first kappa shape index (κ1) is 13.1. The Morgan fingerprint density at radius 2 is 1.94 bits per heavy atom. The fraction of sp³-hybridized carbons (Fsp3) is 0.200. The van der Waals surface area contributed by atoms with E-state index in [1.54, 1.807) is 0 Å². The molecule has 0 radical (unpaired) electrons. The largest absolute Gasteiger partial charge is 0.394 e. The van der Waals surface area contributed by atoms with Crippen molar-refractivity contribution in [2.75, 3.05) is 7.05 Å². The van der Waals surface area contributed by atoms with Crippen LogP contribution in [-0.4, -0.2) is 12.0 Å². The van der Waals surface area contributed by atoms with E-state index in [0.717, 1.165) is 28.1 Å². The molecule has 0 amide bonds. The Labute approximate surface area is 103 Å². The van der Waals surface area contributed by atoms with E-state index >= 15 is 0 Å². The highest BCUT2D eigenvalue weighted by molar-refractivity contribution is 5.77. The van der Waals surface area contributed by atoms with Crippen molar-refractivity contribution in [3.8, 4) is 0 Å². The van der Waals surface area contributed by atoms with Gasteiger partial charge >= 0.3 is 0 Å². The van der Waals surface area contributed by atoms with Crippen molar-refractivity contribution in [3.63, 3.8) is 0 Å². The molecule has 0 saturated carbocycles. The predicted molar refractivity (Wildman–Crippen MR) is 76.5 cm³/mol. The molecule has 0 atom stereocenters. The van der Waals surface area contributed by atoms with Crippen LogP contribution in [0.2, 0.25) is 0 Å². The molecule has 2 nitrogen and oxygen atoms in total. The zero-order valence-electron chi connectivity index (χ0n) is 10.8.